The second-order valence-electron chi connectivity index (χ2n) is 2.66. The minimum atomic E-state index is -4.32. The van der Waals surface area contributed by atoms with E-state index in [0.29, 0.717) is 6.61 Å². The maximum absolute atomic E-state index is 10.8. The first-order valence-electron chi connectivity index (χ1n) is 4.17. The van der Waals surface area contributed by atoms with Gasteiger partial charge in [0.05, 0.1) is 11.6 Å². The molecule has 0 saturated heterocycles. The fraction of sp³-hybridized carbons (Fsp3) is 0.250. The van der Waals surface area contributed by atoms with Crippen LogP contribution in [0.2, 0.25) is 10.0 Å². The zero-order chi connectivity index (χ0) is 12.3. The first-order valence-corrected chi connectivity index (χ1v) is 7.48. The van der Waals surface area contributed by atoms with E-state index in [2.05, 4.69) is 16.3 Å². The summed E-state index contributed by atoms with van der Waals surface area (Å²) in [5.74, 6) is 0.0784. The van der Waals surface area contributed by atoms with Crippen molar-refractivity contribution < 1.29 is 122 Å². The summed E-state index contributed by atoms with van der Waals surface area (Å²) in [6, 6.07) is 2.72. The molecule has 0 unspecified atom stereocenters. The van der Waals surface area contributed by atoms with Crippen molar-refractivity contribution in [1.29, 1.82) is 0 Å². The summed E-state index contributed by atoms with van der Waals surface area (Å²) in [4.78, 5) is 21.6. The van der Waals surface area contributed by atoms with Gasteiger partial charge in [0.2, 0.25) is 0 Å². The first kappa shape index (κ1) is 23.5. The van der Waals surface area contributed by atoms with Crippen LogP contribution in [0.1, 0.15) is 6.92 Å². The Hall–Kier alpha value is 3.24. The van der Waals surface area contributed by atoms with Crippen molar-refractivity contribution in [1.82, 2.24) is 0 Å². The fourth-order valence-electron chi connectivity index (χ4n) is 0.982. The molecule has 90 valence electrons. The van der Waals surface area contributed by atoms with Crippen LogP contribution in [0.5, 0.6) is 11.5 Å². The Balaban J connectivity index is 0. The molecule has 0 spiro atoms. The van der Waals surface area contributed by atoms with Crippen molar-refractivity contribution in [3.8, 4) is 11.5 Å². The van der Waals surface area contributed by atoms with E-state index in [4.69, 9.17) is 27.9 Å². The molecule has 0 aliphatic heterocycles. The average molecular weight is 379 g/mol. The molecule has 0 amide bonds. The molecule has 0 atom stereocenters. The smallest absolute Gasteiger partial charge is 0.803 e. The van der Waals surface area contributed by atoms with Gasteiger partial charge in [-0.05, 0) is 25.8 Å². The first-order chi connectivity index (χ1) is 7.35. The van der Waals surface area contributed by atoms with E-state index in [0.717, 1.165) is 0 Å². The minimum absolute atomic E-state index is 0. The Labute approximate surface area is 206 Å². The van der Waals surface area contributed by atoms with Crippen molar-refractivity contribution in [2.45, 2.75) is 6.92 Å². The Bertz CT molecular complexity index is 443. The summed E-state index contributed by atoms with van der Waals surface area (Å²) in [7, 11) is 0. The van der Waals surface area contributed by atoms with Crippen molar-refractivity contribution in [2.75, 3.05) is 6.61 Å². The SMILES string of the molecule is CCOc1c(Cl)ccc(OP([O-])([O-])=S)c1Cl.[K+].[K+]. The molecule has 0 heterocycles. The van der Waals surface area contributed by atoms with Crippen LogP contribution >= 0.6 is 29.9 Å². The van der Waals surface area contributed by atoms with Gasteiger partial charge in [0.1, 0.15) is 10.8 Å². The summed E-state index contributed by atoms with van der Waals surface area (Å²) >= 11 is 15.8. The minimum Gasteiger partial charge on any atom is -0.803 e. The van der Waals surface area contributed by atoms with Gasteiger partial charge in [0, 0.05) is 0 Å². The molecule has 0 radical (unpaired) electrons. The largest absolute Gasteiger partial charge is 1.00 e. The number of hydrogen-bond acceptors (Lipinski definition) is 5. The molecule has 18 heavy (non-hydrogen) atoms. The van der Waals surface area contributed by atoms with E-state index < -0.39 is 6.72 Å². The molecule has 0 aliphatic rings. The van der Waals surface area contributed by atoms with E-state index in [9.17, 15) is 9.79 Å². The van der Waals surface area contributed by atoms with Gasteiger partial charge < -0.3 is 19.0 Å². The maximum atomic E-state index is 10.8. The van der Waals surface area contributed by atoms with Gasteiger partial charge in [-0.25, -0.2) is 0 Å². The van der Waals surface area contributed by atoms with E-state index in [1.807, 2.05) is 0 Å². The van der Waals surface area contributed by atoms with Crippen LogP contribution in [0.4, 0.5) is 0 Å². The van der Waals surface area contributed by atoms with E-state index in [1.54, 1.807) is 6.92 Å². The molecule has 0 aromatic heterocycles. The molecule has 0 N–H and O–H groups in total. The van der Waals surface area contributed by atoms with E-state index >= 15 is 0 Å². The number of rotatable bonds is 4. The van der Waals surface area contributed by atoms with Gasteiger partial charge in [-0.3, -0.25) is 0 Å². The third-order valence-electron chi connectivity index (χ3n) is 1.51. The Kier molecular flexibility index (Phi) is 14.2. The number of halogens is 2. The predicted octanol–water partition coefficient (Wildman–Crippen LogP) is -4.28. The number of benzene rings is 1. The second-order valence-corrected chi connectivity index (χ2v) is 5.86. The summed E-state index contributed by atoms with van der Waals surface area (Å²) < 4.78 is 9.67. The van der Waals surface area contributed by atoms with Gasteiger partial charge in [-0.1, -0.05) is 35.0 Å². The topological polar surface area (TPSA) is 64.6 Å². The predicted molar refractivity (Wildman–Crippen MR) is 62.5 cm³/mol. The average Bonchev–Trinajstić information content (AvgIpc) is 2.15. The Morgan fingerprint density at radius 2 is 1.83 bits per heavy atom. The summed E-state index contributed by atoms with van der Waals surface area (Å²) in [6.45, 7) is -2.24. The number of ether oxygens (including phenoxy) is 1. The monoisotopic (exact) mass is 378 g/mol. The molecule has 1 aromatic carbocycles. The third kappa shape index (κ3) is 8.03. The van der Waals surface area contributed by atoms with Crippen LogP contribution in [0, 0.1) is 0 Å². The van der Waals surface area contributed by atoms with Crippen LogP contribution < -0.4 is 122 Å². The summed E-state index contributed by atoms with van der Waals surface area (Å²) in [5, 5.41) is 0.250. The number of hydrogen-bond donors (Lipinski definition) is 0. The molecule has 0 aliphatic carbocycles. The van der Waals surface area contributed by atoms with Crippen LogP contribution in [-0.2, 0) is 11.8 Å². The van der Waals surface area contributed by atoms with Crippen molar-refractivity contribution in [2.24, 2.45) is 0 Å². The molecule has 0 saturated carbocycles. The quantitative estimate of drug-likeness (QED) is 0.392. The molecular weight excluding hydrogens is 372 g/mol. The molecule has 1 rings (SSSR count). The van der Waals surface area contributed by atoms with E-state index in [1.165, 1.54) is 12.1 Å². The normalized spacial score (nSPS) is 10.1. The van der Waals surface area contributed by atoms with Gasteiger partial charge in [0.15, 0.2) is 5.75 Å². The molecule has 0 fully saturated rings. The molecule has 10 heteroatoms. The van der Waals surface area contributed by atoms with Crippen molar-refractivity contribution in [3.05, 3.63) is 22.2 Å². The Morgan fingerprint density at radius 1 is 1.28 bits per heavy atom. The van der Waals surface area contributed by atoms with Gasteiger partial charge in [0.25, 0.3) is 0 Å². The second kappa shape index (κ2) is 10.9. The maximum Gasteiger partial charge on any atom is 1.00 e. The third-order valence-corrected chi connectivity index (χ3v) is 2.81. The van der Waals surface area contributed by atoms with Crippen LogP contribution in [0.25, 0.3) is 0 Å². The molecule has 0 bridgehead atoms. The molecule has 4 nitrogen and oxygen atoms in total. The standard InChI is InChI=1S/C8H9Cl2O4PS.2K/c1-2-13-8-5(9)3-4-6(7(8)10)14-15(11,12)16;;/h3-4H,2H2,1H3,(H2,11,12,16);;/q;2*+1/p-2. The van der Waals surface area contributed by atoms with Crippen LogP contribution in [-0.4, -0.2) is 6.61 Å². The Morgan fingerprint density at radius 3 is 2.28 bits per heavy atom. The zero-order valence-corrected chi connectivity index (χ0v) is 19.6. The van der Waals surface area contributed by atoms with E-state index in [-0.39, 0.29) is 124 Å². The molecular formula is C8H7Cl2K2O4PS. The van der Waals surface area contributed by atoms with Gasteiger partial charge in [-0.2, -0.15) is 0 Å². The van der Waals surface area contributed by atoms with Gasteiger partial charge >= 0.3 is 103 Å². The summed E-state index contributed by atoms with van der Waals surface area (Å²) in [5.41, 5.74) is 0. The van der Waals surface area contributed by atoms with Crippen molar-refractivity contribution >= 4 is 41.7 Å². The van der Waals surface area contributed by atoms with Crippen molar-refractivity contribution in [3.63, 3.8) is 0 Å². The summed E-state index contributed by atoms with van der Waals surface area (Å²) in [6.07, 6.45) is 0. The molecule has 1 aromatic rings. The fourth-order valence-corrected chi connectivity index (χ4v) is 2.19. The zero-order valence-electron chi connectivity index (χ0n) is 10.1. The van der Waals surface area contributed by atoms with Gasteiger partial charge in [-0.15, -0.1) is 0 Å². The van der Waals surface area contributed by atoms with Crippen LogP contribution in [0.3, 0.4) is 0 Å². The van der Waals surface area contributed by atoms with Crippen LogP contribution in [0.15, 0.2) is 12.1 Å².